The first-order chi connectivity index (χ1) is 1.00. The van der Waals surface area contributed by atoms with E-state index in [1.165, 1.54) is 0 Å². The second-order valence-corrected chi connectivity index (χ2v) is 0. The van der Waals surface area contributed by atoms with Crippen LogP contribution in [0.25, 0.3) is 0 Å². The quantitative estimate of drug-likeness (QED) is 0.360. The summed E-state index contributed by atoms with van der Waals surface area (Å²) in [6, 6.07) is 0. The van der Waals surface area contributed by atoms with Crippen LogP contribution in [-0.2, 0) is 21.8 Å². The second-order valence-electron chi connectivity index (χ2n) is 0. The Kier molecular flexibility index (Phi) is 82.7. The minimum absolute atomic E-state index is 0. The Morgan fingerprint density at radius 2 is 1.25 bits per heavy atom. The Bertz CT molecular complexity index is 6.00. The Morgan fingerprint density at radius 3 is 1.25 bits per heavy atom. The fourth-order valence-corrected chi connectivity index (χ4v) is 0. The molecule has 0 aromatic heterocycles. The van der Waals surface area contributed by atoms with Gasteiger partial charge in [0.05, 0.1) is 0 Å². The summed E-state index contributed by atoms with van der Waals surface area (Å²) >= 11 is 1.10. The fourth-order valence-electron chi connectivity index (χ4n) is 0. The van der Waals surface area contributed by atoms with Crippen molar-refractivity contribution < 1.29 is 78.7 Å². The van der Waals surface area contributed by atoms with E-state index in [0.29, 0.717) is 0 Å². The van der Waals surface area contributed by atoms with E-state index in [9.17, 15) is 0 Å². The van der Waals surface area contributed by atoms with Crippen LogP contribution in [0.2, 0.25) is 0 Å². The van der Waals surface area contributed by atoms with Crippen LogP contribution in [0.4, 0.5) is 0 Å². The third-order valence-electron chi connectivity index (χ3n) is 0. The SMILES string of the molecule is [K+].[OH-].[O]=[Ru]. The van der Waals surface area contributed by atoms with Gasteiger partial charge in [-0.15, -0.1) is 0 Å². The van der Waals surface area contributed by atoms with Crippen LogP contribution >= 0.6 is 0 Å². The molecule has 0 fully saturated rings. The summed E-state index contributed by atoms with van der Waals surface area (Å²) < 4.78 is 8.18. The van der Waals surface area contributed by atoms with Gasteiger partial charge in [0.2, 0.25) is 0 Å². The van der Waals surface area contributed by atoms with Crippen molar-refractivity contribution in [3.63, 3.8) is 0 Å². The number of rotatable bonds is 0. The molecule has 0 aromatic carbocycles. The molecular formula is HKO2Ru. The molecule has 0 aromatic rings. The number of hydrogen-bond donors (Lipinski definition) is 0. The number of hydrogen-bond acceptors (Lipinski definition) is 2. The summed E-state index contributed by atoms with van der Waals surface area (Å²) in [6.45, 7) is 0. The summed E-state index contributed by atoms with van der Waals surface area (Å²) in [7, 11) is 0. The minimum atomic E-state index is 0. The summed E-state index contributed by atoms with van der Waals surface area (Å²) in [5, 5.41) is 0. The van der Waals surface area contributed by atoms with E-state index in [-0.39, 0.29) is 56.9 Å². The molecule has 0 radical (unpaired) electrons. The molecule has 22 valence electrons. The Balaban J connectivity index is -0.00000000500. The van der Waals surface area contributed by atoms with Crippen molar-refractivity contribution in [1.29, 1.82) is 0 Å². The zero-order valence-electron chi connectivity index (χ0n) is 2.21. The van der Waals surface area contributed by atoms with Crippen molar-refractivity contribution in [2.45, 2.75) is 0 Å². The molecule has 1 N–H and O–H groups in total. The average Bonchev–Trinajstić information content (AvgIpc) is 1.00. The third kappa shape index (κ3) is 8.99. The molecule has 0 aliphatic heterocycles. The van der Waals surface area contributed by atoms with Gasteiger partial charge in [-0.3, -0.25) is 0 Å². The molecule has 0 aliphatic carbocycles. The van der Waals surface area contributed by atoms with Crippen LogP contribution in [-0.4, -0.2) is 5.48 Å². The van der Waals surface area contributed by atoms with Gasteiger partial charge in [0.25, 0.3) is 0 Å². The van der Waals surface area contributed by atoms with Crippen molar-refractivity contribution in [2.75, 3.05) is 0 Å². The fraction of sp³-hybridized carbons (Fsp3) is 0. The Morgan fingerprint density at radius 1 is 1.25 bits per heavy atom. The molecule has 0 aliphatic rings. The van der Waals surface area contributed by atoms with Crippen LogP contribution in [0, 0.1) is 0 Å². The first-order valence-corrected chi connectivity index (χ1v) is 0.854. The molecule has 2 nitrogen and oxygen atoms in total. The second kappa shape index (κ2) is 19.9. The molecule has 0 saturated carbocycles. The van der Waals surface area contributed by atoms with Gasteiger partial charge in [-0.25, -0.2) is 0 Å². The van der Waals surface area contributed by atoms with Crippen molar-refractivity contribution in [2.24, 2.45) is 0 Å². The molecule has 4 heavy (non-hydrogen) atoms. The van der Waals surface area contributed by atoms with Gasteiger partial charge >= 0.3 is 73.2 Å². The molecule has 0 bridgehead atoms. The molecule has 4 heteroatoms. The molecule has 0 rings (SSSR count). The summed E-state index contributed by atoms with van der Waals surface area (Å²) in [4.78, 5) is 0. The Labute approximate surface area is 77.0 Å². The predicted octanol–water partition coefficient (Wildman–Crippen LogP) is -3.29. The van der Waals surface area contributed by atoms with Crippen LogP contribution in [0.3, 0.4) is 0 Å². The van der Waals surface area contributed by atoms with E-state index in [4.69, 9.17) is 3.57 Å². The standard InChI is InChI=1S/K.H2O.O.Ru/h;1H2;;/q+1;;;/p-1. The third-order valence-corrected chi connectivity index (χ3v) is 0. The first-order valence-electron chi connectivity index (χ1n) is 0.144. The summed E-state index contributed by atoms with van der Waals surface area (Å²) in [6.07, 6.45) is 0. The van der Waals surface area contributed by atoms with Gasteiger partial charge in [-0.1, -0.05) is 0 Å². The molecule has 0 saturated heterocycles. The molecule has 0 atom stereocenters. The van der Waals surface area contributed by atoms with Gasteiger partial charge in [0.15, 0.2) is 0 Å². The van der Waals surface area contributed by atoms with Crippen molar-refractivity contribution in [3.05, 3.63) is 0 Å². The van der Waals surface area contributed by atoms with E-state index in [0.717, 1.165) is 18.3 Å². The Hall–Kier alpha value is 2.02. The van der Waals surface area contributed by atoms with E-state index in [1.54, 1.807) is 0 Å². The maximum absolute atomic E-state index is 8.18. The van der Waals surface area contributed by atoms with E-state index in [2.05, 4.69) is 0 Å². The van der Waals surface area contributed by atoms with Gasteiger partial charge in [0, 0.05) is 0 Å². The van der Waals surface area contributed by atoms with Crippen molar-refractivity contribution >= 4 is 0 Å². The van der Waals surface area contributed by atoms with Crippen molar-refractivity contribution in [1.82, 2.24) is 0 Å². The zero-order chi connectivity index (χ0) is 2.00. The van der Waals surface area contributed by atoms with Crippen LogP contribution in [0.5, 0.6) is 0 Å². The molecular weight excluding hydrogens is 172 g/mol. The molecule has 0 unspecified atom stereocenters. The average molecular weight is 173 g/mol. The van der Waals surface area contributed by atoms with Crippen LogP contribution in [0.15, 0.2) is 0 Å². The van der Waals surface area contributed by atoms with Gasteiger partial charge in [-0.2, -0.15) is 0 Å². The summed E-state index contributed by atoms with van der Waals surface area (Å²) in [5.74, 6) is 0. The van der Waals surface area contributed by atoms with E-state index < -0.39 is 0 Å². The maximum atomic E-state index is 8.18. The van der Waals surface area contributed by atoms with Gasteiger partial charge < -0.3 is 5.48 Å². The van der Waals surface area contributed by atoms with E-state index >= 15 is 0 Å². The normalized spacial score (nSPS) is 1.25. The van der Waals surface area contributed by atoms with Crippen LogP contribution in [0.1, 0.15) is 0 Å². The molecule has 0 spiro atoms. The molecule has 0 amide bonds. The monoisotopic (exact) mass is 174 g/mol. The topological polar surface area (TPSA) is 47.1 Å². The van der Waals surface area contributed by atoms with Crippen LogP contribution < -0.4 is 51.4 Å². The van der Waals surface area contributed by atoms with Crippen molar-refractivity contribution in [3.8, 4) is 0 Å². The zero-order valence-corrected chi connectivity index (χ0v) is 7.07. The first kappa shape index (κ1) is 16.6. The predicted molar refractivity (Wildman–Crippen MR) is 2.62 cm³/mol. The van der Waals surface area contributed by atoms with E-state index in [1.807, 2.05) is 0 Å². The van der Waals surface area contributed by atoms with Gasteiger partial charge in [-0.05, 0) is 0 Å². The molecule has 0 heterocycles. The summed E-state index contributed by atoms with van der Waals surface area (Å²) in [5.41, 5.74) is 0. The van der Waals surface area contributed by atoms with Gasteiger partial charge in [0.1, 0.15) is 0 Å².